The topological polar surface area (TPSA) is 75.4 Å². The normalized spacial score (nSPS) is 22.5. The Morgan fingerprint density at radius 3 is 2.40 bits per heavy atom. The number of amides is 2. The molecule has 0 spiro atoms. The van der Waals surface area contributed by atoms with E-state index in [-0.39, 0.29) is 36.2 Å². The molecule has 1 aliphatic carbocycles. The minimum atomic E-state index is 0. The van der Waals surface area contributed by atoms with Crippen LogP contribution >= 0.6 is 12.4 Å². The number of carbonyl (C=O) groups excluding carboxylic acids is 2. The fourth-order valence-electron chi connectivity index (χ4n) is 3.63. The predicted molar refractivity (Wildman–Crippen MR) is 102 cm³/mol. The standard InChI is InChI=1S/C19H27N3O2.ClH/c20-16-7-6-15(13-16)19(24)21-17-8-3-14(4-9-17)5-10-18(23)22-11-1-2-12-22;/h3-4,8-9,15-16H,1-2,5-7,10-13,20H2,(H,21,24);1H. The van der Waals surface area contributed by atoms with Crippen molar-refractivity contribution in [1.82, 2.24) is 4.90 Å². The van der Waals surface area contributed by atoms with Gasteiger partial charge in [0, 0.05) is 37.2 Å². The van der Waals surface area contributed by atoms with Gasteiger partial charge in [0.1, 0.15) is 0 Å². The summed E-state index contributed by atoms with van der Waals surface area (Å²) in [5, 5.41) is 2.97. The number of nitrogens with two attached hydrogens (primary N) is 1. The van der Waals surface area contributed by atoms with E-state index in [0.717, 1.165) is 62.9 Å². The Labute approximate surface area is 155 Å². The number of nitrogens with one attached hydrogen (secondary N) is 1. The van der Waals surface area contributed by atoms with Crippen LogP contribution in [0.15, 0.2) is 24.3 Å². The summed E-state index contributed by atoms with van der Waals surface area (Å²) in [6.07, 6.45) is 6.17. The number of hydrogen-bond donors (Lipinski definition) is 2. The molecule has 3 rings (SSSR count). The summed E-state index contributed by atoms with van der Waals surface area (Å²) in [6, 6.07) is 7.99. The highest BCUT2D eigenvalue weighted by Gasteiger charge is 2.27. The van der Waals surface area contributed by atoms with Gasteiger partial charge in [0.25, 0.3) is 0 Å². The maximum Gasteiger partial charge on any atom is 0.227 e. The van der Waals surface area contributed by atoms with E-state index < -0.39 is 0 Å². The number of hydrogen-bond acceptors (Lipinski definition) is 3. The molecular weight excluding hydrogens is 338 g/mol. The van der Waals surface area contributed by atoms with Gasteiger partial charge < -0.3 is 16.0 Å². The molecule has 1 saturated heterocycles. The molecule has 1 aromatic carbocycles. The third kappa shape index (κ3) is 5.44. The maximum absolute atomic E-state index is 12.2. The van der Waals surface area contributed by atoms with E-state index in [1.54, 1.807) is 0 Å². The van der Waals surface area contributed by atoms with Crippen molar-refractivity contribution in [3.8, 4) is 0 Å². The first kappa shape index (κ1) is 19.7. The van der Waals surface area contributed by atoms with Gasteiger partial charge in [0.15, 0.2) is 0 Å². The van der Waals surface area contributed by atoms with Crippen molar-refractivity contribution in [3.63, 3.8) is 0 Å². The largest absolute Gasteiger partial charge is 0.343 e. The number of likely N-dealkylation sites (tertiary alicyclic amines) is 1. The van der Waals surface area contributed by atoms with Gasteiger partial charge in [-0.1, -0.05) is 12.1 Å². The first-order valence-corrected chi connectivity index (χ1v) is 9.05. The maximum atomic E-state index is 12.2. The lowest BCUT2D eigenvalue weighted by molar-refractivity contribution is -0.130. The number of rotatable bonds is 5. The van der Waals surface area contributed by atoms with E-state index in [2.05, 4.69) is 5.32 Å². The van der Waals surface area contributed by atoms with Crippen molar-refractivity contribution in [1.29, 1.82) is 0 Å². The number of aryl methyl sites for hydroxylation is 1. The smallest absolute Gasteiger partial charge is 0.227 e. The Morgan fingerprint density at radius 1 is 1.12 bits per heavy atom. The van der Waals surface area contributed by atoms with Crippen molar-refractivity contribution in [3.05, 3.63) is 29.8 Å². The molecule has 2 aliphatic rings. The lowest BCUT2D eigenvalue weighted by Gasteiger charge is -2.15. The Bertz CT molecular complexity index is 585. The van der Waals surface area contributed by atoms with Crippen molar-refractivity contribution >= 4 is 29.9 Å². The number of benzene rings is 1. The third-order valence-electron chi connectivity index (χ3n) is 5.15. The Kier molecular flexibility index (Phi) is 7.26. The van der Waals surface area contributed by atoms with Crippen LogP contribution in [0, 0.1) is 5.92 Å². The lowest BCUT2D eigenvalue weighted by Crippen LogP contribution is -2.27. The molecule has 2 atom stereocenters. The molecule has 3 N–H and O–H groups in total. The fourth-order valence-corrected chi connectivity index (χ4v) is 3.63. The summed E-state index contributed by atoms with van der Waals surface area (Å²) >= 11 is 0. The number of carbonyl (C=O) groups is 2. The SMILES string of the molecule is Cl.NC1CCC(C(=O)Nc2ccc(CCC(=O)N3CCCC3)cc2)C1. The molecule has 2 unspecified atom stereocenters. The van der Waals surface area contributed by atoms with Crippen LogP contribution in [0.4, 0.5) is 5.69 Å². The van der Waals surface area contributed by atoms with Crippen LogP contribution < -0.4 is 11.1 Å². The second-order valence-electron chi connectivity index (χ2n) is 7.04. The van der Waals surface area contributed by atoms with Crippen LogP contribution in [0.5, 0.6) is 0 Å². The average Bonchev–Trinajstić information content (AvgIpc) is 3.25. The summed E-state index contributed by atoms with van der Waals surface area (Å²) in [4.78, 5) is 26.2. The minimum absolute atomic E-state index is 0. The van der Waals surface area contributed by atoms with Gasteiger partial charge >= 0.3 is 0 Å². The van der Waals surface area contributed by atoms with Crippen molar-refractivity contribution in [2.45, 2.75) is 51.0 Å². The third-order valence-corrected chi connectivity index (χ3v) is 5.15. The van der Waals surface area contributed by atoms with Gasteiger partial charge in [0.05, 0.1) is 0 Å². The minimum Gasteiger partial charge on any atom is -0.343 e. The van der Waals surface area contributed by atoms with Gasteiger partial charge in [-0.15, -0.1) is 12.4 Å². The van der Waals surface area contributed by atoms with E-state index >= 15 is 0 Å². The van der Waals surface area contributed by atoms with Crippen LogP contribution in [0.1, 0.15) is 44.1 Å². The Balaban J connectivity index is 0.00000225. The molecule has 1 saturated carbocycles. The molecule has 1 aromatic rings. The molecule has 2 amide bonds. The predicted octanol–water partition coefficient (Wildman–Crippen LogP) is 2.73. The van der Waals surface area contributed by atoms with Crippen LogP contribution in [-0.2, 0) is 16.0 Å². The van der Waals surface area contributed by atoms with E-state index in [1.165, 1.54) is 0 Å². The highest BCUT2D eigenvalue weighted by molar-refractivity contribution is 5.92. The molecule has 6 heteroatoms. The van der Waals surface area contributed by atoms with Gasteiger partial charge in [-0.05, 0) is 56.2 Å². The highest BCUT2D eigenvalue weighted by Crippen LogP contribution is 2.25. The first-order chi connectivity index (χ1) is 11.6. The number of halogens is 1. The van der Waals surface area contributed by atoms with Crippen LogP contribution in [0.3, 0.4) is 0 Å². The van der Waals surface area contributed by atoms with Gasteiger partial charge in [-0.2, -0.15) is 0 Å². The van der Waals surface area contributed by atoms with Crippen LogP contribution in [-0.4, -0.2) is 35.8 Å². The van der Waals surface area contributed by atoms with Crippen molar-refractivity contribution in [2.24, 2.45) is 11.7 Å². The molecule has 5 nitrogen and oxygen atoms in total. The zero-order valence-corrected chi connectivity index (χ0v) is 15.4. The fraction of sp³-hybridized carbons (Fsp3) is 0.579. The van der Waals surface area contributed by atoms with E-state index in [0.29, 0.717) is 6.42 Å². The molecule has 0 radical (unpaired) electrons. The summed E-state index contributed by atoms with van der Waals surface area (Å²) in [5.41, 5.74) is 7.81. The first-order valence-electron chi connectivity index (χ1n) is 9.05. The van der Waals surface area contributed by atoms with Gasteiger partial charge in [-0.3, -0.25) is 9.59 Å². The van der Waals surface area contributed by atoms with E-state index in [9.17, 15) is 9.59 Å². The molecule has 1 aliphatic heterocycles. The number of anilines is 1. The quantitative estimate of drug-likeness (QED) is 0.842. The average molecular weight is 366 g/mol. The second-order valence-corrected chi connectivity index (χ2v) is 7.04. The molecule has 1 heterocycles. The Morgan fingerprint density at radius 2 is 1.80 bits per heavy atom. The van der Waals surface area contributed by atoms with Crippen molar-refractivity contribution < 1.29 is 9.59 Å². The zero-order chi connectivity index (χ0) is 16.9. The lowest BCUT2D eigenvalue weighted by atomic mass is 10.1. The van der Waals surface area contributed by atoms with Gasteiger partial charge in [-0.25, -0.2) is 0 Å². The molecule has 138 valence electrons. The van der Waals surface area contributed by atoms with Crippen LogP contribution in [0.25, 0.3) is 0 Å². The molecule has 0 bridgehead atoms. The zero-order valence-electron chi connectivity index (χ0n) is 14.6. The number of nitrogens with zero attached hydrogens (tertiary/aromatic N) is 1. The molecule has 25 heavy (non-hydrogen) atoms. The van der Waals surface area contributed by atoms with Crippen LogP contribution in [0.2, 0.25) is 0 Å². The summed E-state index contributed by atoms with van der Waals surface area (Å²) in [6.45, 7) is 1.82. The van der Waals surface area contributed by atoms with Crippen molar-refractivity contribution in [2.75, 3.05) is 18.4 Å². The summed E-state index contributed by atoms with van der Waals surface area (Å²) < 4.78 is 0. The summed E-state index contributed by atoms with van der Waals surface area (Å²) in [7, 11) is 0. The Hall–Kier alpha value is -1.59. The second kappa shape index (κ2) is 9.20. The highest BCUT2D eigenvalue weighted by atomic mass is 35.5. The van der Waals surface area contributed by atoms with Gasteiger partial charge in [0.2, 0.25) is 11.8 Å². The van der Waals surface area contributed by atoms with E-state index in [4.69, 9.17) is 5.73 Å². The molecule has 2 fully saturated rings. The molecule has 0 aromatic heterocycles. The summed E-state index contributed by atoms with van der Waals surface area (Å²) in [5.74, 6) is 0.361. The monoisotopic (exact) mass is 365 g/mol. The molecular formula is C19H28ClN3O2. The van der Waals surface area contributed by atoms with E-state index in [1.807, 2.05) is 29.2 Å².